The number of para-hydroxylation sites is 1. The summed E-state index contributed by atoms with van der Waals surface area (Å²) in [5.74, 6) is 0.220. The van der Waals surface area contributed by atoms with E-state index in [1.54, 1.807) is 31.4 Å². The molecular formula is C23H16BrF2IN2O. The molecule has 0 radical (unpaired) electrons. The Balaban J connectivity index is 2.04. The Labute approximate surface area is 194 Å². The molecule has 152 valence electrons. The van der Waals surface area contributed by atoms with Crippen LogP contribution in [0.5, 0.6) is 5.75 Å². The second kappa shape index (κ2) is 8.47. The molecule has 7 heteroatoms. The molecule has 1 heterocycles. The van der Waals surface area contributed by atoms with Gasteiger partial charge in [0.25, 0.3) is 0 Å². The largest absolute Gasteiger partial charge is 0.497 e. The van der Waals surface area contributed by atoms with E-state index < -0.39 is 10.7 Å². The van der Waals surface area contributed by atoms with Crippen LogP contribution in [-0.2, 0) is 0 Å². The van der Waals surface area contributed by atoms with Crippen molar-refractivity contribution in [3.8, 4) is 17.0 Å². The highest BCUT2D eigenvalue weighted by molar-refractivity contribution is 14.1. The van der Waals surface area contributed by atoms with Gasteiger partial charge in [-0.15, -0.1) is 0 Å². The molecule has 0 atom stereocenters. The number of rotatable bonds is 4. The Kier molecular flexibility index (Phi) is 5.92. The number of fused-ring (bicyclic) bond motifs is 1. The smallest absolute Gasteiger partial charge is 0.358 e. The number of alkyl halides is 3. The number of halogens is 4. The monoisotopic (exact) mass is 580 g/mol. The number of hydrogen-bond acceptors (Lipinski definition) is 2. The molecule has 0 saturated heterocycles. The van der Waals surface area contributed by atoms with Gasteiger partial charge in [0.2, 0.25) is 0 Å². The van der Waals surface area contributed by atoms with Crippen molar-refractivity contribution in [1.29, 1.82) is 0 Å². The van der Waals surface area contributed by atoms with E-state index in [4.69, 9.17) is 4.74 Å². The Morgan fingerprint density at radius 3 is 2.23 bits per heavy atom. The Hall–Kier alpha value is -2.26. The lowest BCUT2D eigenvalue weighted by atomic mass is 10.1. The summed E-state index contributed by atoms with van der Waals surface area (Å²) in [7, 11) is 1.55. The van der Waals surface area contributed by atoms with Crippen LogP contribution in [0.15, 0.2) is 83.9 Å². The zero-order chi connectivity index (χ0) is 21.3. The fourth-order valence-electron chi connectivity index (χ4n) is 3.29. The van der Waals surface area contributed by atoms with Gasteiger partial charge in [-0.05, 0) is 74.4 Å². The summed E-state index contributed by atoms with van der Waals surface area (Å²) in [6.45, 7) is 0. The lowest BCUT2D eigenvalue weighted by Gasteiger charge is -2.18. The highest BCUT2D eigenvalue weighted by atomic mass is 127. The first-order valence-electron chi connectivity index (χ1n) is 9.05. The Bertz CT molecular complexity index is 1220. The minimum atomic E-state index is -3.36. The predicted octanol–water partition coefficient (Wildman–Crippen LogP) is 7.49. The molecule has 0 amide bonds. The van der Waals surface area contributed by atoms with Crippen molar-refractivity contribution >= 4 is 60.9 Å². The van der Waals surface area contributed by atoms with E-state index in [1.807, 2.05) is 54.6 Å². The molecule has 0 N–H and O–H groups in total. The molecule has 4 aromatic rings. The van der Waals surface area contributed by atoms with Gasteiger partial charge in [0.05, 0.1) is 24.0 Å². The molecule has 0 aliphatic carbocycles. The van der Waals surface area contributed by atoms with E-state index >= 15 is 0 Å². The molecule has 0 unspecified atom stereocenters. The summed E-state index contributed by atoms with van der Waals surface area (Å²) in [6.07, 6.45) is 0. The molecule has 0 saturated carbocycles. The normalized spacial score (nSPS) is 12.4. The third-order valence-electron chi connectivity index (χ3n) is 4.63. The van der Waals surface area contributed by atoms with Gasteiger partial charge in [-0.3, -0.25) is 4.57 Å². The van der Waals surface area contributed by atoms with Crippen molar-refractivity contribution in [3.63, 3.8) is 0 Å². The third-order valence-corrected chi connectivity index (χ3v) is 6.08. The summed E-state index contributed by atoms with van der Waals surface area (Å²) < 4.78 is 37.3. The van der Waals surface area contributed by atoms with E-state index in [0.717, 1.165) is 14.5 Å². The lowest BCUT2D eigenvalue weighted by molar-refractivity contribution is 0.189. The summed E-state index contributed by atoms with van der Waals surface area (Å²) in [6, 6.07) is 23.7. The minimum Gasteiger partial charge on any atom is -0.497 e. The van der Waals surface area contributed by atoms with E-state index in [1.165, 1.54) is 4.57 Å². The Morgan fingerprint density at radius 2 is 1.60 bits per heavy atom. The van der Waals surface area contributed by atoms with Crippen LogP contribution in [0.25, 0.3) is 22.2 Å². The summed E-state index contributed by atoms with van der Waals surface area (Å²) in [5, 5.41) is 0.885. The standard InChI is InChI=1S/C23H16BrF2IN2O/c1-30-17-13-11-16(12-14-17)28-22(23(24,25)26)29-19-10-6-5-9-18(19)20(27)21(29)15-7-3-2-4-8-15/h2-14H,1H3. The number of aromatic nitrogens is 1. The van der Waals surface area contributed by atoms with Crippen LogP contribution in [0.3, 0.4) is 0 Å². The van der Waals surface area contributed by atoms with Crippen LogP contribution >= 0.6 is 38.5 Å². The van der Waals surface area contributed by atoms with Crippen molar-refractivity contribution in [2.24, 2.45) is 4.99 Å². The first-order valence-corrected chi connectivity index (χ1v) is 10.9. The summed E-state index contributed by atoms with van der Waals surface area (Å²) >= 11 is 4.77. The maximum atomic E-state index is 14.9. The van der Waals surface area contributed by atoms with E-state index in [-0.39, 0.29) is 0 Å². The topological polar surface area (TPSA) is 26.5 Å². The second-order valence-electron chi connectivity index (χ2n) is 6.51. The number of methoxy groups -OCH3 is 1. The second-order valence-corrected chi connectivity index (χ2v) is 8.59. The van der Waals surface area contributed by atoms with Crippen molar-refractivity contribution in [3.05, 3.63) is 82.4 Å². The molecule has 0 bridgehead atoms. The van der Waals surface area contributed by atoms with Gasteiger partial charge in [0, 0.05) is 8.96 Å². The fraction of sp³-hybridized carbons (Fsp3) is 0.0870. The third kappa shape index (κ3) is 4.00. The summed E-state index contributed by atoms with van der Waals surface area (Å²) in [5.41, 5.74) is 2.56. The fourth-order valence-corrected chi connectivity index (χ4v) is 4.57. The predicted molar refractivity (Wildman–Crippen MR) is 129 cm³/mol. The SMILES string of the molecule is COc1ccc(N=C(n2c(-c3ccccc3)c(I)c3ccccc32)C(F)(F)Br)cc1. The van der Waals surface area contributed by atoms with Gasteiger partial charge in [-0.25, -0.2) is 4.99 Å². The van der Waals surface area contributed by atoms with Gasteiger partial charge < -0.3 is 4.74 Å². The Morgan fingerprint density at radius 1 is 0.967 bits per heavy atom. The number of aliphatic imine (C=N–C) groups is 1. The van der Waals surface area contributed by atoms with Crippen molar-refractivity contribution in [2.45, 2.75) is 4.83 Å². The van der Waals surface area contributed by atoms with Crippen LogP contribution < -0.4 is 4.74 Å². The lowest BCUT2D eigenvalue weighted by Crippen LogP contribution is -2.29. The van der Waals surface area contributed by atoms with Crippen molar-refractivity contribution in [2.75, 3.05) is 7.11 Å². The van der Waals surface area contributed by atoms with Crippen LogP contribution in [0, 0.1) is 3.57 Å². The molecule has 0 aliphatic heterocycles. The summed E-state index contributed by atoms with van der Waals surface area (Å²) in [4.78, 5) is 0.989. The van der Waals surface area contributed by atoms with Crippen LogP contribution in [0.4, 0.5) is 14.5 Å². The molecule has 30 heavy (non-hydrogen) atoms. The van der Waals surface area contributed by atoms with Gasteiger partial charge >= 0.3 is 4.83 Å². The van der Waals surface area contributed by atoms with Crippen LogP contribution in [0.2, 0.25) is 0 Å². The highest BCUT2D eigenvalue weighted by Gasteiger charge is 2.37. The van der Waals surface area contributed by atoms with Gasteiger partial charge in [0.15, 0.2) is 5.84 Å². The average Bonchev–Trinajstić information content (AvgIpc) is 3.04. The van der Waals surface area contributed by atoms with Crippen LogP contribution in [-0.4, -0.2) is 22.3 Å². The molecule has 0 spiro atoms. The molecule has 1 aromatic heterocycles. The van der Waals surface area contributed by atoms with E-state index in [9.17, 15) is 8.78 Å². The van der Waals surface area contributed by atoms with Crippen molar-refractivity contribution < 1.29 is 13.5 Å². The zero-order valence-corrected chi connectivity index (χ0v) is 19.6. The molecule has 4 rings (SSSR count). The highest BCUT2D eigenvalue weighted by Crippen LogP contribution is 2.39. The maximum absolute atomic E-state index is 14.9. The van der Waals surface area contributed by atoms with Crippen LogP contribution in [0.1, 0.15) is 0 Å². The first-order chi connectivity index (χ1) is 14.4. The molecule has 0 fully saturated rings. The van der Waals surface area contributed by atoms with Gasteiger partial charge in [-0.1, -0.05) is 48.5 Å². The van der Waals surface area contributed by atoms with Crippen molar-refractivity contribution in [1.82, 2.24) is 4.57 Å². The zero-order valence-electron chi connectivity index (χ0n) is 15.8. The minimum absolute atomic E-state index is 0.400. The first kappa shape index (κ1) is 21.0. The van der Waals surface area contributed by atoms with E-state index in [0.29, 0.717) is 22.6 Å². The number of ether oxygens (including phenoxy) is 1. The maximum Gasteiger partial charge on any atom is 0.358 e. The molecule has 0 aliphatic rings. The van der Waals surface area contributed by atoms with E-state index in [2.05, 4.69) is 43.5 Å². The van der Waals surface area contributed by atoms with Gasteiger partial charge in [-0.2, -0.15) is 8.78 Å². The average molecular weight is 581 g/mol. The number of nitrogens with zero attached hydrogens (tertiary/aromatic N) is 2. The molecule has 3 aromatic carbocycles. The molecule has 3 nitrogen and oxygen atoms in total. The molecular weight excluding hydrogens is 565 g/mol. The van der Waals surface area contributed by atoms with Gasteiger partial charge in [0.1, 0.15) is 5.75 Å². The number of benzene rings is 3. The number of hydrogen-bond donors (Lipinski definition) is 0. The quantitative estimate of drug-likeness (QED) is 0.106.